The fourth-order valence-electron chi connectivity index (χ4n) is 3.75. The molecule has 0 unspecified atom stereocenters. The Balaban J connectivity index is 0.000000840. The van der Waals surface area contributed by atoms with Gasteiger partial charge < -0.3 is 20.4 Å². The molecular formula is C27H36F5N5O3. The van der Waals surface area contributed by atoms with E-state index in [-0.39, 0.29) is 14.7 Å². The van der Waals surface area contributed by atoms with E-state index in [9.17, 15) is 36.3 Å². The van der Waals surface area contributed by atoms with Crippen molar-refractivity contribution in [2.75, 3.05) is 19.6 Å². The number of hydrogen-bond donors (Lipinski definition) is 2. The van der Waals surface area contributed by atoms with Crippen molar-refractivity contribution in [3.63, 3.8) is 0 Å². The summed E-state index contributed by atoms with van der Waals surface area (Å²) in [7, 11) is 0. The number of rotatable bonds is 4. The molecule has 3 amide bonds. The number of likely N-dealkylation sites (tertiary alicyclic amines) is 1. The zero-order chi connectivity index (χ0) is 30.0. The van der Waals surface area contributed by atoms with Crippen molar-refractivity contribution in [1.29, 1.82) is 0 Å². The summed E-state index contributed by atoms with van der Waals surface area (Å²) in [6, 6.07) is 7.71. The smallest absolute Gasteiger partial charge is 0.368 e. The number of benzene rings is 1. The van der Waals surface area contributed by atoms with Gasteiger partial charge in [0.1, 0.15) is 0 Å². The van der Waals surface area contributed by atoms with Crippen molar-refractivity contribution in [2.24, 2.45) is 11.7 Å². The van der Waals surface area contributed by atoms with Crippen LogP contribution < -0.4 is 11.1 Å². The van der Waals surface area contributed by atoms with E-state index in [1.807, 2.05) is 21.6 Å². The lowest BCUT2D eigenvalue weighted by molar-refractivity contribution is -0.173. The molecule has 0 radical (unpaired) electrons. The number of alkyl halides is 3. The van der Waals surface area contributed by atoms with E-state index in [1.54, 1.807) is 24.7 Å². The predicted octanol–water partition coefficient (Wildman–Crippen LogP) is 4.94. The van der Waals surface area contributed by atoms with Gasteiger partial charge in [0.25, 0.3) is 5.91 Å². The minimum absolute atomic E-state index is 0. The third-order valence-corrected chi connectivity index (χ3v) is 5.56. The van der Waals surface area contributed by atoms with E-state index in [0.29, 0.717) is 18.7 Å². The standard InChI is InChI=1S/C19H17F2N3O.C4H5F3N2O2.C4H10.2H2/c20-16-4-3-14(10-17(16)21)13-5-8-23(9-6-13)19(25)15-2-1-7-24-12-22-11-18(15)24;5-4(6,7)3(11)9-1-2(8)10;1-4(2)3;;/h1-4,7,10-13H,5-6,8-9H2;1H2,(H2,8,10)(H,9,11);4H,1-3H3;2*1H. The number of fused-ring (bicyclic) bond motifs is 1. The van der Waals surface area contributed by atoms with Gasteiger partial charge in [-0.05, 0) is 54.5 Å². The predicted molar refractivity (Wildman–Crippen MR) is 142 cm³/mol. The van der Waals surface area contributed by atoms with Crippen LogP contribution in [-0.4, -0.2) is 57.8 Å². The highest BCUT2D eigenvalue weighted by Gasteiger charge is 2.38. The van der Waals surface area contributed by atoms with Crippen LogP contribution in [0.4, 0.5) is 22.0 Å². The van der Waals surface area contributed by atoms with Crippen LogP contribution in [0.2, 0.25) is 0 Å². The molecular weight excluding hydrogens is 537 g/mol. The quantitative estimate of drug-likeness (QED) is 0.431. The second-order valence-electron chi connectivity index (χ2n) is 9.73. The van der Waals surface area contributed by atoms with Gasteiger partial charge in [0.05, 0.1) is 30.1 Å². The molecule has 1 aliphatic rings. The zero-order valence-corrected chi connectivity index (χ0v) is 22.3. The fraction of sp³-hybridized carbons (Fsp3) is 0.407. The van der Waals surface area contributed by atoms with Crippen molar-refractivity contribution in [1.82, 2.24) is 19.6 Å². The number of amides is 3. The molecule has 0 atom stereocenters. The third-order valence-electron chi connectivity index (χ3n) is 5.56. The summed E-state index contributed by atoms with van der Waals surface area (Å²) in [5, 5.41) is 1.28. The Morgan fingerprint density at radius 1 is 1.10 bits per heavy atom. The largest absolute Gasteiger partial charge is 0.471 e. The summed E-state index contributed by atoms with van der Waals surface area (Å²) in [4.78, 5) is 38.5. The Labute approximate surface area is 231 Å². The van der Waals surface area contributed by atoms with Gasteiger partial charge >= 0.3 is 12.1 Å². The van der Waals surface area contributed by atoms with Crippen LogP contribution >= 0.6 is 0 Å². The summed E-state index contributed by atoms with van der Waals surface area (Å²) in [5.41, 5.74) is 6.68. The van der Waals surface area contributed by atoms with E-state index >= 15 is 0 Å². The van der Waals surface area contributed by atoms with E-state index < -0.39 is 36.2 Å². The number of pyridine rings is 1. The number of carbonyl (C=O) groups excluding carboxylic acids is 3. The maximum Gasteiger partial charge on any atom is 0.471 e. The first-order valence-electron chi connectivity index (χ1n) is 12.5. The van der Waals surface area contributed by atoms with Crippen molar-refractivity contribution >= 4 is 23.2 Å². The summed E-state index contributed by atoms with van der Waals surface area (Å²) in [6.45, 7) is 6.88. The molecule has 13 heteroatoms. The van der Waals surface area contributed by atoms with E-state index in [1.165, 1.54) is 17.4 Å². The number of piperidine rings is 1. The maximum absolute atomic E-state index is 13.4. The summed E-state index contributed by atoms with van der Waals surface area (Å²) < 4.78 is 62.3. The first kappa shape index (κ1) is 32.2. The van der Waals surface area contributed by atoms with Crippen LogP contribution in [0.3, 0.4) is 0 Å². The molecule has 3 N–H and O–H groups in total. The molecule has 4 rings (SSSR count). The highest BCUT2D eigenvalue weighted by atomic mass is 19.4. The van der Waals surface area contributed by atoms with Gasteiger partial charge in [0.15, 0.2) is 11.6 Å². The molecule has 0 bridgehead atoms. The Morgan fingerprint density at radius 3 is 2.27 bits per heavy atom. The summed E-state index contributed by atoms with van der Waals surface area (Å²) in [6.07, 6.45) is 1.71. The lowest BCUT2D eigenvalue weighted by Crippen LogP contribution is -2.41. The topological polar surface area (TPSA) is 110 Å². The number of carbonyl (C=O) groups is 3. The highest BCUT2D eigenvalue weighted by molar-refractivity contribution is 6.00. The molecule has 8 nitrogen and oxygen atoms in total. The molecule has 1 saturated heterocycles. The minimum atomic E-state index is -4.96. The first-order valence-corrected chi connectivity index (χ1v) is 12.5. The van der Waals surface area contributed by atoms with Crippen LogP contribution in [-0.2, 0) is 9.59 Å². The number of primary amides is 1. The number of nitrogens with zero attached hydrogens (tertiary/aromatic N) is 3. The molecule has 3 heterocycles. The highest BCUT2D eigenvalue weighted by Crippen LogP contribution is 2.30. The summed E-state index contributed by atoms with van der Waals surface area (Å²) >= 11 is 0. The third kappa shape index (κ3) is 9.62. The number of halogens is 5. The van der Waals surface area contributed by atoms with Crippen LogP contribution in [0.25, 0.3) is 5.52 Å². The summed E-state index contributed by atoms with van der Waals surface area (Å²) in [5.74, 6) is -3.88. The van der Waals surface area contributed by atoms with Gasteiger partial charge in [-0.15, -0.1) is 0 Å². The lowest BCUT2D eigenvalue weighted by atomic mass is 9.89. The van der Waals surface area contributed by atoms with E-state index in [4.69, 9.17) is 0 Å². The van der Waals surface area contributed by atoms with Gasteiger partial charge in [-0.3, -0.25) is 14.4 Å². The monoisotopic (exact) mass is 573 g/mol. The number of hydrogen-bond acceptors (Lipinski definition) is 4. The van der Waals surface area contributed by atoms with Gasteiger partial charge in [0.2, 0.25) is 5.91 Å². The van der Waals surface area contributed by atoms with Crippen molar-refractivity contribution < 1.29 is 39.2 Å². The lowest BCUT2D eigenvalue weighted by Gasteiger charge is -2.32. The van der Waals surface area contributed by atoms with Crippen LogP contribution in [0, 0.1) is 17.6 Å². The van der Waals surface area contributed by atoms with Crippen molar-refractivity contribution in [3.05, 3.63) is 71.8 Å². The van der Waals surface area contributed by atoms with Crippen molar-refractivity contribution in [3.8, 4) is 0 Å². The van der Waals surface area contributed by atoms with E-state index in [0.717, 1.165) is 29.8 Å². The molecule has 1 aliphatic heterocycles. The molecule has 2 aromatic heterocycles. The van der Waals surface area contributed by atoms with Gasteiger partial charge in [0, 0.05) is 22.1 Å². The SMILES string of the molecule is CC(C)C.NC(=O)CNC(=O)C(F)(F)F.O=C(c1cccn2cncc12)N1CCC(c2ccc(F)c(F)c2)CC1.[HH].[HH]. The van der Waals surface area contributed by atoms with Crippen molar-refractivity contribution in [2.45, 2.75) is 45.7 Å². The van der Waals surface area contributed by atoms with Gasteiger partial charge in [-0.1, -0.05) is 26.8 Å². The Bertz CT molecular complexity index is 1310. The molecule has 222 valence electrons. The Hall–Kier alpha value is -4.03. The van der Waals surface area contributed by atoms with Crippen LogP contribution in [0.15, 0.2) is 49.1 Å². The normalized spacial score (nSPS) is 13.7. The van der Waals surface area contributed by atoms with Gasteiger partial charge in [-0.2, -0.15) is 13.2 Å². The number of nitrogens with two attached hydrogens (primary N) is 1. The Kier molecular flexibility index (Phi) is 11.6. The van der Waals surface area contributed by atoms with Gasteiger partial charge in [-0.25, -0.2) is 13.8 Å². The molecule has 3 aromatic rings. The first-order chi connectivity index (χ1) is 18.7. The Morgan fingerprint density at radius 2 is 1.73 bits per heavy atom. The maximum atomic E-state index is 13.4. The zero-order valence-electron chi connectivity index (χ0n) is 22.3. The average Bonchev–Trinajstić information content (AvgIpc) is 3.37. The average molecular weight is 574 g/mol. The van der Waals surface area contributed by atoms with Crippen LogP contribution in [0.1, 0.15) is 58.3 Å². The fourth-order valence-corrected chi connectivity index (χ4v) is 3.75. The molecule has 1 aromatic carbocycles. The second kappa shape index (κ2) is 14.4. The van der Waals surface area contributed by atoms with E-state index in [2.05, 4.69) is 31.5 Å². The number of imidazole rings is 1. The molecule has 0 spiro atoms. The second-order valence-corrected chi connectivity index (χ2v) is 9.73. The minimum Gasteiger partial charge on any atom is -0.368 e. The van der Waals surface area contributed by atoms with Crippen LogP contribution in [0.5, 0.6) is 0 Å². The molecule has 1 fully saturated rings. The molecule has 40 heavy (non-hydrogen) atoms. The number of aromatic nitrogens is 2. The molecule has 0 aliphatic carbocycles. The number of nitrogens with one attached hydrogen (secondary N) is 1. The molecule has 0 saturated carbocycles.